The molecular formula is C13H16ClN3O2S. The SMILES string of the molecule is Cc1cc(NC(=O)C(C)N(C)Cc2ccc(Cl)s2)on1. The van der Waals surface area contributed by atoms with Crippen molar-refractivity contribution in [3.63, 3.8) is 0 Å². The lowest BCUT2D eigenvalue weighted by atomic mass is 10.2. The van der Waals surface area contributed by atoms with Gasteiger partial charge in [-0.25, -0.2) is 0 Å². The van der Waals surface area contributed by atoms with Gasteiger partial charge < -0.3 is 4.52 Å². The van der Waals surface area contributed by atoms with Crippen LogP contribution in [0.25, 0.3) is 0 Å². The molecule has 0 radical (unpaired) electrons. The number of nitrogens with zero attached hydrogens (tertiary/aromatic N) is 2. The summed E-state index contributed by atoms with van der Waals surface area (Å²) in [5, 5.41) is 6.43. The summed E-state index contributed by atoms with van der Waals surface area (Å²) in [6.45, 7) is 4.31. The summed E-state index contributed by atoms with van der Waals surface area (Å²) in [6, 6.07) is 5.22. The zero-order valence-electron chi connectivity index (χ0n) is 11.5. The third kappa shape index (κ3) is 3.82. The Bertz CT molecular complexity index is 596. The molecule has 1 unspecified atom stereocenters. The molecule has 2 heterocycles. The van der Waals surface area contributed by atoms with E-state index in [1.54, 1.807) is 13.0 Å². The number of halogens is 1. The van der Waals surface area contributed by atoms with Gasteiger partial charge in [-0.15, -0.1) is 11.3 Å². The van der Waals surface area contributed by atoms with Crippen molar-refractivity contribution in [2.45, 2.75) is 26.4 Å². The van der Waals surface area contributed by atoms with Gasteiger partial charge in [0.05, 0.1) is 16.1 Å². The first-order valence-electron chi connectivity index (χ1n) is 6.14. The summed E-state index contributed by atoms with van der Waals surface area (Å²) in [7, 11) is 1.89. The predicted molar refractivity (Wildman–Crippen MR) is 80.1 cm³/mol. The quantitative estimate of drug-likeness (QED) is 0.921. The fraction of sp³-hybridized carbons (Fsp3) is 0.385. The van der Waals surface area contributed by atoms with Gasteiger partial charge >= 0.3 is 0 Å². The summed E-state index contributed by atoms with van der Waals surface area (Å²) < 4.78 is 5.72. The van der Waals surface area contributed by atoms with Gasteiger partial charge in [-0.3, -0.25) is 15.0 Å². The number of hydrogen-bond acceptors (Lipinski definition) is 5. The molecule has 108 valence electrons. The van der Waals surface area contributed by atoms with Gasteiger partial charge in [-0.2, -0.15) is 0 Å². The predicted octanol–water partition coefficient (Wildman–Crippen LogP) is 3.16. The van der Waals surface area contributed by atoms with Crippen LogP contribution in [0, 0.1) is 6.92 Å². The van der Waals surface area contributed by atoms with Gasteiger partial charge in [0.25, 0.3) is 0 Å². The molecular weight excluding hydrogens is 298 g/mol. The number of nitrogens with one attached hydrogen (secondary N) is 1. The Morgan fingerprint density at radius 2 is 2.35 bits per heavy atom. The first-order valence-corrected chi connectivity index (χ1v) is 7.34. The van der Waals surface area contributed by atoms with Crippen molar-refractivity contribution in [3.8, 4) is 0 Å². The molecule has 1 amide bonds. The topological polar surface area (TPSA) is 58.4 Å². The van der Waals surface area contributed by atoms with E-state index in [2.05, 4.69) is 10.5 Å². The van der Waals surface area contributed by atoms with Gasteiger partial charge in [0.15, 0.2) is 0 Å². The van der Waals surface area contributed by atoms with E-state index in [-0.39, 0.29) is 11.9 Å². The maximum Gasteiger partial charge on any atom is 0.243 e. The van der Waals surface area contributed by atoms with Crippen LogP contribution in [0.5, 0.6) is 0 Å². The second-order valence-corrected chi connectivity index (χ2v) is 6.42. The molecule has 0 aliphatic heterocycles. The van der Waals surface area contributed by atoms with Crippen molar-refractivity contribution >= 4 is 34.7 Å². The van der Waals surface area contributed by atoms with Crippen LogP contribution >= 0.6 is 22.9 Å². The number of aromatic nitrogens is 1. The zero-order valence-corrected chi connectivity index (χ0v) is 13.1. The minimum absolute atomic E-state index is 0.133. The third-order valence-electron chi connectivity index (χ3n) is 2.95. The summed E-state index contributed by atoms with van der Waals surface area (Å²) in [4.78, 5) is 15.2. The maximum absolute atomic E-state index is 12.1. The number of carbonyl (C=O) groups is 1. The standard InChI is InChI=1S/C13H16ClN3O2S/c1-8-6-12(19-16-8)15-13(18)9(2)17(3)7-10-4-5-11(14)20-10/h4-6,9H,7H2,1-3H3,(H,15,18). The van der Waals surface area contributed by atoms with Gasteiger partial charge in [-0.1, -0.05) is 16.8 Å². The van der Waals surface area contributed by atoms with Crippen molar-refractivity contribution in [2.24, 2.45) is 0 Å². The fourth-order valence-electron chi connectivity index (χ4n) is 1.67. The Labute approximate surface area is 126 Å². The Morgan fingerprint density at radius 3 is 2.90 bits per heavy atom. The number of rotatable bonds is 5. The van der Waals surface area contributed by atoms with Gasteiger partial charge in [0.1, 0.15) is 0 Å². The molecule has 5 nitrogen and oxygen atoms in total. The van der Waals surface area contributed by atoms with Crippen LogP contribution in [0.1, 0.15) is 17.5 Å². The van der Waals surface area contributed by atoms with E-state index in [1.807, 2.05) is 31.0 Å². The number of carbonyl (C=O) groups excluding carboxylic acids is 1. The molecule has 20 heavy (non-hydrogen) atoms. The van der Waals surface area contributed by atoms with Crippen LogP contribution in [0.3, 0.4) is 0 Å². The van der Waals surface area contributed by atoms with Crippen molar-refractivity contribution in [3.05, 3.63) is 33.1 Å². The minimum atomic E-state index is -0.290. The number of likely N-dealkylation sites (N-methyl/N-ethyl adjacent to an activating group) is 1. The van der Waals surface area contributed by atoms with E-state index in [9.17, 15) is 4.79 Å². The number of anilines is 1. The van der Waals surface area contributed by atoms with Crippen LogP contribution in [0.2, 0.25) is 4.34 Å². The molecule has 2 aromatic rings. The fourth-order valence-corrected chi connectivity index (χ4v) is 2.82. The maximum atomic E-state index is 12.1. The van der Waals surface area contributed by atoms with Crippen LogP contribution in [-0.4, -0.2) is 29.1 Å². The Balaban J connectivity index is 1.92. The van der Waals surface area contributed by atoms with E-state index in [4.69, 9.17) is 16.1 Å². The molecule has 0 fully saturated rings. The minimum Gasteiger partial charge on any atom is -0.338 e. The van der Waals surface area contributed by atoms with E-state index >= 15 is 0 Å². The monoisotopic (exact) mass is 313 g/mol. The first-order chi connectivity index (χ1) is 9.45. The van der Waals surface area contributed by atoms with Crippen molar-refractivity contribution in [1.82, 2.24) is 10.1 Å². The van der Waals surface area contributed by atoms with E-state index in [1.165, 1.54) is 11.3 Å². The van der Waals surface area contributed by atoms with Crippen molar-refractivity contribution in [1.29, 1.82) is 0 Å². The normalized spacial score (nSPS) is 12.7. The van der Waals surface area contributed by atoms with Gasteiger partial charge in [-0.05, 0) is 33.0 Å². The molecule has 0 aliphatic rings. The summed E-state index contributed by atoms with van der Waals surface area (Å²) in [6.07, 6.45) is 0. The molecule has 2 aromatic heterocycles. The number of thiophene rings is 1. The first kappa shape index (κ1) is 15.0. The average Bonchev–Trinajstić information content (AvgIpc) is 2.97. The summed E-state index contributed by atoms with van der Waals surface area (Å²) in [5.41, 5.74) is 0.731. The summed E-state index contributed by atoms with van der Waals surface area (Å²) >= 11 is 7.41. The molecule has 2 rings (SSSR count). The number of hydrogen-bond donors (Lipinski definition) is 1. The highest BCUT2D eigenvalue weighted by molar-refractivity contribution is 7.16. The molecule has 0 spiro atoms. The second-order valence-electron chi connectivity index (χ2n) is 4.62. The Kier molecular flexibility index (Phi) is 4.80. The highest BCUT2D eigenvalue weighted by Gasteiger charge is 2.20. The van der Waals surface area contributed by atoms with Crippen LogP contribution in [0.15, 0.2) is 22.7 Å². The third-order valence-corrected chi connectivity index (χ3v) is 4.16. The highest BCUT2D eigenvalue weighted by atomic mass is 35.5. The van der Waals surface area contributed by atoms with Crippen molar-refractivity contribution < 1.29 is 9.32 Å². The Morgan fingerprint density at radius 1 is 1.60 bits per heavy atom. The molecule has 0 aliphatic carbocycles. The molecule has 1 N–H and O–H groups in total. The van der Waals surface area contributed by atoms with Crippen LogP contribution in [-0.2, 0) is 11.3 Å². The molecule has 0 saturated carbocycles. The summed E-state index contributed by atoms with van der Waals surface area (Å²) in [5.74, 6) is 0.234. The lowest BCUT2D eigenvalue weighted by molar-refractivity contribution is -0.120. The van der Waals surface area contributed by atoms with Crippen LogP contribution in [0.4, 0.5) is 5.88 Å². The lowest BCUT2D eigenvalue weighted by Gasteiger charge is -2.22. The second kappa shape index (κ2) is 6.39. The van der Waals surface area contributed by atoms with E-state index < -0.39 is 0 Å². The smallest absolute Gasteiger partial charge is 0.243 e. The average molecular weight is 314 g/mol. The number of aryl methyl sites for hydroxylation is 1. The zero-order chi connectivity index (χ0) is 14.7. The largest absolute Gasteiger partial charge is 0.338 e. The molecule has 7 heteroatoms. The number of amides is 1. The molecule has 0 bridgehead atoms. The van der Waals surface area contributed by atoms with Gasteiger partial charge in [0, 0.05) is 17.5 Å². The molecule has 0 saturated heterocycles. The lowest BCUT2D eigenvalue weighted by Crippen LogP contribution is -2.38. The van der Waals surface area contributed by atoms with E-state index in [0.29, 0.717) is 12.4 Å². The van der Waals surface area contributed by atoms with Crippen LogP contribution < -0.4 is 5.32 Å². The Hall–Kier alpha value is -1.37. The van der Waals surface area contributed by atoms with Crippen molar-refractivity contribution in [2.75, 3.05) is 12.4 Å². The van der Waals surface area contributed by atoms with Gasteiger partial charge in [0.2, 0.25) is 11.8 Å². The molecule has 0 aromatic carbocycles. The van der Waals surface area contributed by atoms with E-state index in [0.717, 1.165) is 14.9 Å². The highest BCUT2D eigenvalue weighted by Crippen LogP contribution is 2.23. The molecule has 1 atom stereocenters.